The van der Waals surface area contributed by atoms with E-state index < -0.39 is 10.0 Å². The van der Waals surface area contributed by atoms with Gasteiger partial charge in [0.1, 0.15) is 5.84 Å². The number of nitrogens with zero attached hydrogens (tertiary/aromatic N) is 3. The second-order valence-electron chi connectivity index (χ2n) is 5.50. The molecule has 1 saturated heterocycles. The van der Waals surface area contributed by atoms with Crippen LogP contribution in [0.3, 0.4) is 0 Å². The minimum atomic E-state index is -3.36. The van der Waals surface area contributed by atoms with Crippen molar-refractivity contribution >= 4 is 21.8 Å². The molecule has 1 fully saturated rings. The zero-order valence-electron chi connectivity index (χ0n) is 11.6. The summed E-state index contributed by atoms with van der Waals surface area (Å²) in [5.74, 6) is 0.277. The van der Waals surface area contributed by atoms with Crippen LogP contribution in [0.4, 0.5) is 0 Å². The molecular weight excluding hydrogens is 292 g/mol. The number of amides is 1. The molecule has 0 aliphatic carbocycles. The van der Waals surface area contributed by atoms with Crippen molar-refractivity contribution in [3.8, 4) is 0 Å². The van der Waals surface area contributed by atoms with Crippen LogP contribution in [0, 0.1) is 0 Å². The molecule has 21 heavy (non-hydrogen) atoms. The standard InChI is InChI=1S/C13H18N4O3S/c14-11-2-1-5-17(9-11)13(18)10-3-4-12-15-21(19,20)7-6-16(12)8-10/h3-4,8,11H,1-2,5-7,9,14H2. The van der Waals surface area contributed by atoms with Crippen LogP contribution in [0.15, 0.2) is 28.3 Å². The maximum atomic E-state index is 12.5. The van der Waals surface area contributed by atoms with Crippen LogP contribution >= 0.6 is 0 Å². The Morgan fingerprint density at radius 1 is 1.33 bits per heavy atom. The van der Waals surface area contributed by atoms with Crippen molar-refractivity contribution in [1.82, 2.24) is 9.80 Å². The molecule has 114 valence electrons. The normalized spacial score (nSPS) is 27.8. The third-order valence-electron chi connectivity index (χ3n) is 3.82. The fourth-order valence-electron chi connectivity index (χ4n) is 2.70. The van der Waals surface area contributed by atoms with Crippen molar-refractivity contribution in [1.29, 1.82) is 0 Å². The van der Waals surface area contributed by atoms with Crippen molar-refractivity contribution in [2.45, 2.75) is 18.9 Å². The first kappa shape index (κ1) is 14.3. The van der Waals surface area contributed by atoms with Crippen LogP contribution in [-0.2, 0) is 14.8 Å². The summed E-state index contributed by atoms with van der Waals surface area (Å²) in [7, 11) is -3.36. The van der Waals surface area contributed by atoms with E-state index in [1.807, 2.05) is 0 Å². The number of sulfonamides is 1. The predicted octanol–water partition coefficient (Wildman–Crippen LogP) is -0.566. The fraction of sp³-hybridized carbons (Fsp3) is 0.538. The molecule has 0 saturated carbocycles. The Bertz CT molecular complexity index is 650. The number of hydrogen-bond acceptors (Lipinski definition) is 5. The Balaban J connectivity index is 1.78. The molecule has 1 unspecified atom stereocenters. The number of piperidine rings is 1. The van der Waals surface area contributed by atoms with Crippen LogP contribution in [0.25, 0.3) is 0 Å². The maximum absolute atomic E-state index is 12.5. The molecule has 0 aromatic heterocycles. The Morgan fingerprint density at radius 2 is 2.14 bits per heavy atom. The number of likely N-dealkylation sites (tertiary alicyclic amines) is 1. The lowest BCUT2D eigenvalue weighted by Gasteiger charge is -2.33. The Hall–Kier alpha value is -1.67. The molecule has 7 nitrogen and oxygen atoms in total. The van der Waals surface area contributed by atoms with Crippen LogP contribution in [0.5, 0.6) is 0 Å². The summed E-state index contributed by atoms with van der Waals surface area (Å²) in [6.07, 6.45) is 6.74. The summed E-state index contributed by atoms with van der Waals surface area (Å²) in [5.41, 5.74) is 6.44. The molecular formula is C13H18N4O3S. The topological polar surface area (TPSA) is 96.1 Å². The smallest absolute Gasteiger partial charge is 0.256 e. The van der Waals surface area contributed by atoms with Gasteiger partial charge in [-0.1, -0.05) is 0 Å². The van der Waals surface area contributed by atoms with E-state index in [1.54, 1.807) is 28.2 Å². The lowest BCUT2D eigenvalue weighted by molar-refractivity contribution is -0.128. The third kappa shape index (κ3) is 3.01. The van der Waals surface area contributed by atoms with Crippen molar-refractivity contribution in [2.75, 3.05) is 25.4 Å². The SMILES string of the molecule is NC1CCCN(C(=O)C2=CN3CCS(=O)(=O)N=C3C=C2)C1. The van der Waals surface area contributed by atoms with Gasteiger partial charge >= 0.3 is 0 Å². The Labute approximate surface area is 123 Å². The highest BCUT2D eigenvalue weighted by Crippen LogP contribution is 2.19. The van der Waals surface area contributed by atoms with E-state index in [0.717, 1.165) is 12.8 Å². The lowest BCUT2D eigenvalue weighted by atomic mass is 10.0. The molecule has 8 heteroatoms. The van der Waals surface area contributed by atoms with Gasteiger partial charge in [0.05, 0.1) is 11.3 Å². The molecule has 0 aromatic carbocycles. The van der Waals surface area contributed by atoms with Crippen LogP contribution in [0.2, 0.25) is 0 Å². The van der Waals surface area contributed by atoms with Gasteiger partial charge in [0, 0.05) is 31.9 Å². The molecule has 2 N–H and O–H groups in total. The molecule has 3 aliphatic heterocycles. The number of nitrogens with two attached hydrogens (primary N) is 1. The van der Waals surface area contributed by atoms with Gasteiger partial charge in [-0.2, -0.15) is 0 Å². The highest BCUT2D eigenvalue weighted by molar-refractivity contribution is 7.90. The lowest BCUT2D eigenvalue weighted by Crippen LogP contribution is -2.46. The van der Waals surface area contributed by atoms with Gasteiger partial charge in [0.25, 0.3) is 15.9 Å². The van der Waals surface area contributed by atoms with Gasteiger partial charge in [-0.25, -0.2) is 8.42 Å². The van der Waals surface area contributed by atoms with Crippen LogP contribution in [0.1, 0.15) is 12.8 Å². The molecule has 3 rings (SSSR count). The molecule has 0 radical (unpaired) electrons. The van der Waals surface area contributed by atoms with Crippen LogP contribution in [-0.4, -0.2) is 61.4 Å². The maximum Gasteiger partial charge on any atom is 0.256 e. The summed E-state index contributed by atoms with van der Waals surface area (Å²) < 4.78 is 26.6. The van der Waals surface area contributed by atoms with Gasteiger partial charge in [-0.3, -0.25) is 4.79 Å². The summed E-state index contributed by atoms with van der Waals surface area (Å²) in [6.45, 7) is 1.61. The van der Waals surface area contributed by atoms with Crippen LogP contribution < -0.4 is 5.73 Å². The zero-order valence-corrected chi connectivity index (χ0v) is 12.4. The average Bonchev–Trinajstić information content (AvgIpc) is 2.45. The first-order valence-corrected chi connectivity index (χ1v) is 8.59. The first-order chi connectivity index (χ1) is 9.94. The number of amidine groups is 1. The van der Waals surface area contributed by atoms with Crippen molar-refractivity contribution in [3.63, 3.8) is 0 Å². The van der Waals surface area contributed by atoms with E-state index in [9.17, 15) is 13.2 Å². The minimum Gasteiger partial charge on any atom is -0.337 e. The van der Waals surface area contributed by atoms with Gasteiger partial charge in [-0.15, -0.1) is 4.40 Å². The van der Waals surface area contributed by atoms with Gasteiger partial charge in [0.2, 0.25) is 0 Å². The van der Waals surface area contributed by atoms with Gasteiger partial charge in [0.15, 0.2) is 0 Å². The van der Waals surface area contributed by atoms with E-state index >= 15 is 0 Å². The van der Waals surface area contributed by atoms with E-state index in [4.69, 9.17) is 5.73 Å². The number of carbonyl (C=O) groups is 1. The largest absolute Gasteiger partial charge is 0.337 e. The van der Waals surface area contributed by atoms with E-state index in [-0.39, 0.29) is 17.7 Å². The van der Waals surface area contributed by atoms with E-state index in [1.165, 1.54) is 0 Å². The summed E-state index contributed by atoms with van der Waals surface area (Å²) >= 11 is 0. The predicted molar refractivity (Wildman–Crippen MR) is 78.9 cm³/mol. The number of rotatable bonds is 1. The zero-order chi connectivity index (χ0) is 15.0. The molecule has 3 heterocycles. The quantitative estimate of drug-likeness (QED) is 0.700. The van der Waals surface area contributed by atoms with Gasteiger partial charge < -0.3 is 15.5 Å². The second kappa shape index (κ2) is 5.27. The Kier molecular flexibility index (Phi) is 3.58. The summed E-state index contributed by atoms with van der Waals surface area (Å²) in [6, 6.07) is 0.0353. The van der Waals surface area contributed by atoms with E-state index in [0.29, 0.717) is 31.0 Å². The van der Waals surface area contributed by atoms with Crippen molar-refractivity contribution in [3.05, 3.63) is 23.9 Å². The molecule has 1 atom stereocenters. The third-order valence-corrected chi connectivity index (χ3v) is 4.98. The highest BCUT2D eigenvalue weighted by atomic mass is 32.2. The fourth-order valence-corrected chi connectivity index (χ4v) is 3.67. The monoisotopic (exact) mass is 310 g/mol. The van der Waals surface area contributed by atoms with Crippen molar-refractivity contribution in [2.24, 2.45) is 10.1 Å². The molecule has 1 amide bonds. The van der Waals surface area contributed by atoms with E-state index in [2.05, 4.69) is 4.40 Å². The number of fused-ring (bicyclic) bond motifs is 1. The minimum absolute atomic E-state index is 0.0309. The van der Waals surface area contributed by atoms with Gasteiger partial charge in [-0.05, 0) is 25.0 Å². The first-order valence-electron chi connectivity index (χ1n) is 6.99. The summed E-state index contributed by atoms with van der Waals surface area (Å²) in [4.78, 5) is 15.9. The Morgan fingerprint density at radius 3 is 2.90 bits per heavy atom. The molecule has 3 aliphatic rings. The van der Waals surface area contributed by atoms with Crippen molar-refractivity contribution < 1.29 is 13.2 Å². The summed E-state index contributed by atoms with van der Waals surface area (Å²) in [5, 5.41) is 0. The molecule has 0 spiro atoms. The second-order valence-corrected chi connectivity index (χ2v) is 7.25. The number of carbonyl (C=O) groups excluding carboxylic acids is 1. The molecule has 0 aromatic rings. The molecule has 0 bridgehead atoms. The number of hydrogen-bond donors (Lipinski definition) is 1. The highest BCUT2D eigenvalue weighted by Gasteiger charge is 2.28. The average molecular weight is 310 g/mol.